The predicted molar refractivity (Wildman–Crippen MR) is 126 cm³/mol. The first kappa shape index (κ1) is 22.3. The molecule has 8 nitrogen and oxygen atoms in total. The van der Waals surface area contributed by atoms with Gasteiger partial charge >= 0.3 is 0 Å². The van der Waals surface area contributed by atoms with Crippen LogP contribution in [-0.4, -0.2) is 37.5 Å². The Morgan fingerprint density at radius 2 is 1.91 bits per heavy atom. The molecule has 170 valence electrons. The number of nitrogens with one attached hydrogen (secondary N) is 2. The van der Waals surface area contributed by atoms with Crippen molar-refractivity contribution in [2.45, 2.75) is 33.7 Å². The van der Waals surface area contributed by atoms with Crippen LogP contribution in [0.4, 0.5) is 0 Å². The SMILES string of the molecule is Cc1cccc(-n2cc(CNC(=O)c3cccn4c(C(=O)NCCC(C)C)cnc34)cn2)c1. The highest BCUT2D eigenvalue weighted by Crippen LogP contribution is 2.14. The van der Waals surface area contributed by atoms with Gasteiger partial charge in [-0.25, -0.2) is 9.67 Å². The van der Waals surface area contributed by atoms with Crippen molar-refractivity contribution < 1.29 is 9.59 Å². The fourth-order valence-corrected chi connectivity index (χ4v) is 3.56. The summed E-state index contributed by atoms with van der Waals surface area (Å²) in [6.45, 7) is 7.18. The van der Waals surface area contributed by atoms with E-state index in [1.54, 1.807) is 33.6 Å². The van der Waals surface area contributed by atoms with E-state index in [0.717, 1.165) is 23.2 Å². The molecule has 8 heteroatoms. The average Bonchev–Trinajstić information content (AvgIpc) is 3.44. The minimum atomic E-state index is -0.263. The number of aryl methyl sites for hydroxylation is 1. The number of aromatic nitrogens is 4. The lowest BCUT2D eigenvalue weighted by atomic mass is 10.1. The molecule has 0 aliphatic rings. The molecular formula is C25H28N6O2. The molecule has 3 heterocycles. The molecule has 0 saturated heterocycles. The van der Waals surface area contributed by atoms with Crippen molar-refractivity contribution >= 4 is 17.5 Å². The molecule has 0 radical (unpaired) electrons. The zero-order valence-corrected chi connectivity index (χ0v) is 19.1. The summed E-state index contributed by atoms with van der Waals surface area (Å²) >= 11 is 0. The Bertz CT molecular complexity index is 1290. The van der Waals surface area contributed by atoms with E-state index in [9.17, 15) is 9.59 Å². The van der Waals surface area contributed by atoms with Crippen molar-refractivity contribution in [3.63, 3.8) is 0 Å². The number of carbonyl (C=O) groups excluding carboxylic acids is 2. The lowest BCUT2D eigenvalue weighted by molar-refractivity contribution is 0.0938. The standard InChI is InChI=1S/C25H28N6O2/c1-17(2)9-10-26-25(33)22-15-27-23-21(8-5-11-30(22)23)24(32)28-13-19-14-29-31(16-19)20-7-4-6-18(3)12-20/h4-8,11-12,14-17H,9-10,13H2,1-3H3,(H,26,33)(H,28,32). The Morgan fingerprint density at radius 3 is 2.70 bits per heavy atom. The van der Waals surface area contributed by atoms with Crippen LogP contribution in [0.25, 0.3) is 11.3 Å². The van der Waals surface area contributed by atoms with Crippen molar-refractivity contribution in [3.05, 3.63) is 83.6 Å². The van der Waals surface area contributed by atoms with Crippen molar-refractivity contribution in [2.24, 2.45) is 5.92 Å². The molecule has 2 N–H and O–H groups in total. The van der Waals surface area contributed by atoms with Gasteiger partial charge in [0.05, 0.1) is 23.6 Å². The van der Waals surface area contributed by atoms with Gasteiger partial charge in [-0.1, -0.05) is 26.0 Å². The van der Waals surface area contributed by atoms with Gasteiger partial charge in [-0.3, -0.25) is 14.0 Å². The lowest BCUT2D eigenvalue weighted by Crippen LogP contribution is -2.27. The summed E-state index contributed by atoms with van der Waals surface area (Å²) in [5.74, 6) is 0.0391. The maximum Gasteiger partial charge on any atom is 0.269 e. The summed E-state index contributed by atoms with van der Waals surface area (Å²) in [5.41, 5.74) is 4.25. The molecule has 0 aliphatic heterocycles. The molecule has 0 spiro atoms. The number of imidazole rings is 1. The first-order chi connectivity index (χ1) is 15.9. The van der Waals surface area contributed by atoms with Gasteiger partial charge < -0.3 is 10.6 Å². The fourth-order valence-electron chi connectivity index (χ4n) is 3.56. The molecule has 4 aromatic rings. The Balaban J connectivity index is 1.44. The van der Waals surface area contributed by atoms with Crippen molar-refractivity contribution in [1.82, 2.24) is 29.8 Å². The fraction of sp³-hybridized carbons (Fsp3) is 0.280. The third-order valence-corrected chi connectivity index (χ3v) is 5.38. The number of hydrogen-bond donors (Lipinski definition) is 2. The van der Waals surface area contributed by atoms with Gasteiger partial charge in [0.15, 0.2) is 0 Å². The second-order valence-electron chi connectivity index (χ2n) is 8.51. The third kappa shape index (κ3) is 5.11. The van der Waals surface area contributed by atoms with Crippen LogP contribution >= 0.6 is 0 Å². The normalized spacial score (nSPS) is 11.2. The zero-order chi connectivity index (χ0) is 23.4. The molecule has 3 aromatic heterocycles. The number of fused-ring (bicyclic) bond motifs is 1. The zero-order valence-electron chi connectivity index (χ0n) is 19.1. The number of pyridine rings is 1. The van der Waals surface area contributed by atoms with Gasteiger partial charge in [-0.15, -0.1) is 0 Å². The lowest BCUT2D eigenvalue weighted by Gasteiger charge is -2.08. The first-order valence-corrected chi connectivity index (χ1v) is 11.1. The maximum absolute atomic E-state index is 12.9. The largest absolute Gasteiger partial charge is 0.351 e. The minimum absolute atomic E-state index is 0.204. The van der Waals surface area contributed by atoms with Crippen LogP contribution in [0.3, 0.4) is 0 Å². The smallest absolute Gasteiger partial charge is 0.269 e. The summed E-state index contributed by atoms with van der Waals surface area (Å²) < 4.78 is 3.43. The first-order valence-electron chi connectivity index (χ1n) is 11.1. The van der Waals surface area contributed by atoms with Crippen LogP contribution in [0.1, 0.15) is 52.2 Å². The molecule has 4 rings (SSSR count). The van der Waals surface area contributed by atoms with Gasteiger partial charge in [0, 0.05) is 31.0 Å². The van der Waals surface area contributed by atoms with E-state index in [0.29, 0.717) is 35.9 Å². The van der Waals surface area contributed by atoms with Crippen LogP contribution < -0.4 is 10.6 Å². The predicted octanol–water partition coefficient (Wildman–Crippen LogP) is 3.53. The number of amides is 2. The molecule has 0 saturated carbocycles. The highest BCUT2D eigenvalue weighted by atomic mass is 16.2. The van der Waals surface area contributed by atoms with Crippen molar-refractivity contribution in [1.29, 1.82) is 0 Å². The van der Waals surface area contributed by atoms with Crippen LogP contribution in [0.15, 0.2) is 61.2 Å². The molecule has 0 aliphatic carbocycles. The van der Waals surface area contributed by atoms with E-state index in [1.165, 1.54) is 6.20 Å². The van der Waals surface area contributed by atoms with Gasteiger partial charge in [-0.05, 0) is 49.1 Å². The Hall–Kier alpha value is -3.94. The van der Waals surface area contributed by atoms with Crippen LogP contribution in [0.5, 0.6) is 0 Å². The number of nitrogens with zero attached hydrogens (tertiary/aromatic N) is 4. The van der Waals surface area contributed by atoms with Crippen molar-refractivity contribution in [3.8, 4) is 5.69 Å². The second kappa shape index (κ2) is 9.68. The Morgan fingerprint density at radius 1 is 1.06 bits per heavy atom. The minimum Gasteiger partial charge on any atom is -0.351 e. The maximum atomic E-state index is 12.9. The summed E-state index contributed by atoms with van der Waals surface area (Å²) in [6, 6.07) is 11.5. The molecule has 2 amide bonds. The average molecular weight is 445 g/mol. The molecule has 0 atom stereocenters. The quantitative estimate of drug-likeness (QED) is 0.435. The van der Waals surface area contributed by atoms with E-state index in [1.807, 2.05) is 37.4 Å². The van der Waals surface area contributed by atoms with E-state index < -0.39 is 0 Å². The molecular weight excluding hydrogens is 416 g/mol. The van der Waals surface area contributed by atoms with Gasteiger partial charge in [-0.2, -0.15) is 5.10 Å². The van der Waals surface area contributed by atoms with E-state index in [2.05, 4.69) is 34.6 Å². The van der Waals surface area contributed by atoms with E-state index in [4.69, 9.17) is 0 Å². The number of rotatable bonds is 8. The monoisotopic (exact) mass is 444 g/mol. The molecule has 0 unspecified atom stereocenters. The third-order valence-electron chi connectivity index (χ3n) is 5.38. The Kier molecular flexibility index (Phi) is 6.53. The summed E-state index contributed by atoms with van der Waals surface area (Å²) in [4.78, 5) is 29.8. The van der Waals surface area contributed by atoms with Gasteiger partial charge in [0.25, 0.3) is 11.8 Å². The number of hydrogen-bond acceptors (Lipinski definition) is 4. The van der Waals surface area contributed by atoms with Crippen LogP contribution in [-0.2, 0) is 6.54 Å². The van der Waals surface area contributed by atoms with Gasteiger partial charge in [0.2, 0.25) is 0 Å². The topological polar surface area (TPSA) is 93.3 Å². The van der Waals surface area contributed by atoms with Gasteiger partial charge in [0.1, 0.15) is 11.3 Å². The van der Waals surface area contributed by atoms with E-state index in [-0.39, 0.29) is 11.8 Å². The van der Waals surface area contributed by atoms with Crippen molar-refractivity contribution in [2.75, 3.05) is 6.54 Å². The molecule has 33 heavy (non-hydrogen) atoms. The number of carbonyl (C=O) groups is 2. The molecule has 1 aromatic carbocycles. The number of benzene rings is 1. The Labute approximate surface area is 192 Å². The van der Waals surface area contributed by atoms with Crippen LogP contribution in [0.2, 0.25) is 0 Å². The molecule has 0 fully saturated rings. The van der Waals surface area contributed by atoms with E-state index >= 15 is 0 Å². The molecule has 0 bridgehead atoms. The summed E-state index contributed by atoms with van der Waals surface area (Å²) in [7, 11) is 0. The summed E-state index contributed by atoms with van der Waals surface area (Å²) in [5, 5.41) is 10.2. The van der Waals surface area contributed by atoms with Crippen LogP contribution in [0, 0.1) is 12.8 Å². The highest BCUT2D eigenvalue weighted by molar-refractivity contribution is 6.01. The highest BCUT2D eigenvalue weighted by Gasteiger charge is 2.17. The second-order valence-corrected chi connectivity index (χ2v) is 8.51. The summed E-state index contributed by atoms with van der Waals surface area (Å²) in [6.07, 6.45) is 7.77.